The van der Waals surface area contributed by atoms with E-state index in [1.165, 1.54) is 30.4 Å². The summed E-state index contributed by atoms with van der Waals surface area (Å²) < 4.78 is 6.05. The monoisotopic (exact) mass is 341 g/mol. The van der Waals surface area contributed by atoms with E-state index >= 15 is 0 Å². The molecule has 25 heavy (non-hydrogen) atoms. The van der Waals surface area contributed by atoms with Gasteiger partial charge in [-0.1, -0.05) is 50.6 Å². The quantitative estimate of drug-likeness (QED) is 0.684. The van der Waals surface area contributed by atoms with Crippen LogP contribution in [-0.2, 0) is 17.6 Å². The molecule has 1 aromatic carbocycles. The summed E-state index contributed by atoms with van der Waals surface area (Å²) >= 11 is 0. The summed E-state index contributed by atoms with van der Waals surface area (Å²) in [5.74, 6) is 0.660. The van der Waals surface area contributed by atoms with Crippen molar-refractivity contribution in [1.82, 2.24) is 0 Å². The maximum atomic E-state index is 6.50. The van der Waals surface area contributed by atoms with Crippen molar-refractivity contribution in [2.75, 3.05) is 6.61 Å². The lowest BCUT2D eigenvalue weighted by Crippen LogP contribution is -2.35. The van der Waals surface area contributed by atoms with E-state index < -0.39 is 0 Å². The maximum Gasteiger partial charge on any atom is 0.0651 e. The van der Waals surface area contributed by atoms with E-state index in [-0.39, 0.29) is 5.54 Å². The molecule has 0 heterocycles. The lowest BCUT2D eigenvalue weighted by atomic mass is 9.85. The van der Waals surface area contributed by atoms with E-state index in [1.54, 1.807) is 5.56 Å². The predicted molar refractivity (Wildman–Crippen MR) is 106 cm³/mol. The Labute approximate surface area is 153 Å². The molecule has 2 aliphatic rings. The van der Waals surface area contributed by atoms with Crippen LogP contribution >= 0.6 is 0 Å². The number of benzene rings is 1. The van der Waals surface area contributed by atoms with Gasteiger partial charge in [0.15, 0.2) is 0 Å². The predicted octanol–water partition coefficient (Wildman–Crippen LogP) is 5.29. The molecule has 0 aromatic heterocycles. The van der Waals surface area contributed by atoms with Crippen LogP contribution in [0.15, 0.2) is 30.4 Å². The number of nitrogens with two attached hydrogens (primary N) is 1. The third-order valence-electron chi connectivity index (χ3n) is 6.28. The van der Waals surface area contributed by atoms with Crippen LogP contribution in [0.4, 0.5) is 0 Å². The Hall–Kier alpha value is -1.12. The molecule has 2 nitrogen and oxygen atoms in total. The van der Waals surface area contributed by atoms with Gasteiger partial charge in [-0.3, -0.25) is 0 Å². The Morgan fingerprint density at radius 3 is 2.84 bits per heavy atom. The molecule has 3 atom stereocenters. The van der Waals surface area contributed by atoms with Gasteiger partial charge >= 0.3 is 0 Å². The molecule has 1 aromatic rings. The van der Waals surface area contributed by atoms with Crippen molar-refractivity contribution in [2.45, 2.75) is 89.2 Å². The first-order valence-corrected chi connectivity index (χ1v) is 10.3. The zero-order valence-corrected chi connectivity index (χ0v) is 16.1. The number of hydrogen-bond donors (Lipinski definition) is 1. The summed E-state index contributed by atoms with van der Waals surface area (Å²) in [5.41, 5.74) is 11.1. The molecule has 0 amide bonds. The standard InChI is InChI=1S/C23H35NO/c1-3-5-6-7-14-25-22-11-10-18-15-19(8-9-20(18)16-22)21-12-13-23(24,4-2)17-21/h6-9,15,21-22H,3-5,10-14,16-17,24H2,1-2H3/b7-6-/t21-,22+,23+/m0/s1. The van der Waals surface area contributed by atoms with Gasteiger partial charge in [0.05, 0.1) is 12.7 Å². The summed E-state index contributed by atoms with van der Waals surface area (Å²) in [4.78, 5) is 0. The van der Waals surface area contributed by atoms with Crippen LogP contribution < -0.4 is 5.73 Å². The maximum absolute atomic E-state index is 6.50. The zero-order chi connectivity index (χ0) is 17.7. The molecule has 0 bridgehead atoms. The summed E-state index contributed by atoms with van der Waals surface area (Å²) in [6.07, 6.45) is 15.2. The number of allylic oxidation sites excluding steroid dienone is 1. The van der Waals surface area contributed by atoms with Crippen molar-refractivity contribution in [1.29, 1.82) is 0 Å². The Bertz CT molecular complexity index is 594. The minimum atomic E-state index is 0.0742. The molecule has 0 unspecified atom stereocenters. The molecular formula is C23H35NO. The lowest BCUT2D eigenvalue weighted by Gasteiger charge is -2.26. The zero-order valence-electron chi connectivity index (χ0n) is 16.1. The number of rotatable bonds is 7. The molecule has 1 fully saturated rings. The molecule has 0 radical (unpaired) electrons. The Morgan fingerprint density at radius 1 is 1.20 bits per heavy atom. The average molecular weight is 342 g/mol. The highest BCUT2D eigenvalue weighted by atomic mass is 16.5. The first kappa shape index (κ1) is 18.7. The SMILES string of the molecule is CCC/C=C\CO[C@@H]1CCc2cc([C@H]3CC[C@](N)(CC)C3)ccc2C1. The van der Waals surface area contributed by atoms with Crippen LogP contribution in [0, 0.1) is 0 Å². The summed E-state index contributed by atoms with van der Waals surface area (Å²) in [5, 5.41) is 0. The Balaban J connectivity index is 1.56. The van der Waals surface area contributed by atoms with Crippen molar-refractivity contribution in [3.63, 3.8) is 0 Å². The number of ether oxygens (including phenoxy) is 1. The van der Waals surface area contributed by atoms with E-state index in [4.69, 9.17) is 10.5 Å². The van der Waals surface area contributed by atoms with Crippen molar-refractivity contribution >= 4 is 0 Å². The third kappa shape index (κ3) is 4.74. The van der Waals surface area contributed by atoms with Gasteiger partial charge in [0.1, 0.15) is 0 Å². The van der Waals surface area contributed by atoms with Gasteiger partial charge in [0.2, 0.25) is 0 Å². The molecule has 2 N–H and O–H groups in total. The second kappa shape index (κ2) is 8.51. The minimum absolute atomic E-state index is 0.0742. The Kier molecular flexibility index (Phi) is 6.35. The van der Waals surface area contributed by atoms with Gasteiger partial charge in [-0.05, 0) is 74.0 Å². The third-order valence-corrected chi connectivity index (χ3v) is 6.28. The molecule has 2 aliphatic carbocycles. The van der Waals surface area contributed by atoms with Crippen LogP contribution in [0.3, 0.4) is 0 Å². The van der Waals surface area contributed by atoms with Gasteiger partial charge in [-0.2, -0.15) is 0 Å². The first-order chi connectivity index (χ1) is 12.1. The number of aryl methyl sites for hydroxylation is 1. The second-order valence-electron chi connectivity index (χ2n) is 8.14. The highest BCUT2D eigenvalue weighted by molar-refractivity contribution is 5.36. The van der Waals surface area contributed by atoms with Gasteiger partial charge in [-0.25, -0.2) is 0 Å². The highest BCUT2D eigenvalue weighted by Crippen LogP contribution is 2.42. The number of fused-ring (bicyclic) bond motifs is 1. The molecule has 138 valence electrons. The molecule has 0 saturated heterocycles. The fraction of sp³-hybridized carbons (Fsp3) is 0.652. The van der Waals surface area contributed by atoms with Crippen LogP contribution in [0.1, 0.15) is 81.4 Å². The molecule has 1 saturated carbocycles. The van der Waals surface area contributed by atoms with Crippen LogP contribution in [-0.4, -0.2) is 18.2 Å². The molecule has 3 rings (SSSR count). The van der Waals surface area contributed by atoms with Crippen molar-refractivity contribution in [2.24, 2.45) is 5.73 Å². The van der Waals surface area contributed by atoms with Crippen LogP contribution in [0.2, 0.25) is 0 Å². The van der Waals surface area contributed by atoms with Gasteiger partial charge in [-0.15, -0.1) is 0 Å². The second-order valence-corrected chi connectivity index (χ2v) is 8.14. The molecule has 0 spiro atoms. The molecular weight excluding hydrogens is 306 g/mol. The molecule has 2 heteroatoms. The number of unbranched alkanes of at least 4 members (excludes halogenated alkanes) is 1. The van der Waals surface area contributed by atoms with Crippen LogP contribution in [0.5, 0.6) is 0 Å². The smallest absolute Gasteiger partial charge is 0.0651 e. The van der Waals surface area contributed by atoms with E-state index in [0.29, 0.717) is 12.0 Å². The normalized spacial score (nSPS) is 29.2. The van der Waals surface area contributed by atoms with Gasteiger partial charge in [0, 0.05) is 5.54 Å². The minimum Gasteiger partial charge on any atom is -0.374 e. The van der Waals surface area contributed by atoms with E-state index in [2.05, 4.69) is 44.2 Å². The van der Waals surface area contributed by atoms with E-state index in [9.17, 15) is 0 Å². The topological polar surface area (TPSA) is 35.2 Å². The highest BCUT2D eigenvalue weighted by Gasteiger charge is 2.35. The fourth-order valence-electron chi connectivity index (χ4n) is 4.44. The van der Waals surface area contributed by atoms with Crippen molar-refractivity contribution < 1.29 is 4.74 Å². The lowest BCUT2D eigenvalue weighted by molar-refractivity contribution is 0.0641. The fourth-order valence-corrected chi connectivity index (χ4v) is 4.44. The van der Waals surface area contributed by atoms with Gasteiger partial charge < -0.3 is 10.5 Å². The summed E-state index contributed by atoms with van der Waals surface area (Å²) in [6, 6.07) is 7.18. The number of hydrogen-bond acceptors (Lipinski definition) is 2. The van der Waals surface area contributed by atoms with Crippen LogP contribution in [0.25, 0.3) is 0 Å². The average Bonchev–Trinajstić information content (AvgIpc) is 3.04. The molecule has 0 aliphatic heterocycles. The Morgan fingerprint density at radius 2 is 2.08 bits per heavy atom. The van der Waals surface area contributed by atoms with Crippen molar-refractivity contribution in [3.8, 4) is 0 Å². The van der Waals surface area contributed by atoms with E-state index in [0.717, 1.165) is 45.1 Å². The first-order valence-electron chi connectivity index (χ1n) is 10.3. The summed E-state index contributed by atoms with van der Waals surface area (Å²) in [6.45, 7) is 5.20. The van der Waals surface area contributed by atoms with Gasteiger partial charge in [0.25, 0.3) is 0 Å². The van der Waals surface area contributed by atoms with E-state index in [1.807, 2.05) is 0 Å². The van der Waals surface area contributed by atoms with Crippen molar-refractivity contribution in [3.05, 3.63) is 47.0 Å². The largest absolute Gasteiger partial charge is 0.374 e. The summed E-state index contributed by atoms with van der Waals surface area (Å²) in [7, 11) is 0.